The van der Waals surface area contributed by atoms with Gasteiger partial charge in [-0.25, -0.2) is 0 Å². The van der Waals surface area contributed by atoms with Crippen LogP contribution in [0.1, 0.15) is 75.2 Å². The Balaban J connectivity index is 2.97. The van der Waals surface area contributed by atoms with E-state index >= 15 is 0 Å². The summed E-state index contributed by atoms with van der Waals surface area (Å²) >= 11 is 0. The molecule has 0 heterocycles. The van der Waals surface area contributed by atoms with Crippen LogP contribution in [0.3, 0.4) is 0 Å². The van der Waals surface area contributed by atoms with E-state index in [1.807, 2.05) is 0 Å². The van der Waals surface area contributed by atoms with Gasteiger partial charge in [-0.05, 0) is 5.92 Å². The fraction of sp³-hybridized carbons (Fsp3) is 0.667. The first-order valence-electron chi connectivity index (χ1n) is 13.6. The van der Waals surface area contributed by atoms with Crippen molar-refractivity contribution in [1.82, 2.24) is 0 Å². The van der Waals surface area contributed by atoms with E-state index in [0.717, 1.165) is 13.8 Å². The Bertz CT molecular complexity index is 1120. The second-order valence-electron chi connectivity index (χ2n) is 11.6. The first-order valence-corrected chi connectivity index (χ1v) is 13.6. The minimum Gasteiger partial charge on any atom is -0.462 e. The molecule has 0 radical (unpaired) electrons. The van der Waals surface area contributed by atoms with Gasteiger partial charge in [-0.15, -0.1) is 0 Å². The Hall–Kier alpha value is -3.50. The third-order valence-corrected chi connectivity index (χ3v) is 7.62. The number of esters is 5. The van der Waals surface area contributed by atoms with E-state index in [9.17, 15) is 28.8 Å². The molecule has 0 aromatic rings. The normalized spacial score (nSPS) is 34.1. The highest BCUT2D eigenvalue weighted by atomic mass is 16.6. The fourth-order valence-electron chi connectivity index (χ4n) is 5.92. The summed E-state index contributed by atoms with van der Waals surface area (Å²) in [7, 11) is 0. The number of carbonyl (C=O) groups excluding carboxylic acids is 6. The maximum atomic E-state index is 14.3. The van der Waals surface area contributed by atoms with Gasteiger partial charge < -0.3 is 23.7 Å². The molecule has 1 unspecified atom stereocenters. The maximum Gasteiger partial charge on any atom is 0.303 e. The van der Waals surface area contributed by atoms with Gasteiger partial charge in [0.2, 0.25) is 0 Å². The highest BCUT2D eigenvalue weighted by Crippen LogP contribution is 2.51. The molecule has 41 heavy (non-hydrogen) atoms. The molecule has 228 valence electrons. The molecule has 1 fully saturated rings. The smallest absolute Gasteiger partial charge is 0.303 e. The molecular formula is C30H42O11. The van der Waals surface area contributed by atoms with Gasteiger partial charge in [-0.2, -0.15) is 0 Å². The SMILES string of the molecule is C=C1[C@H](OC(C)=O)C[C@@H](OC(C)=O)C(C)(C)/C=C\[C@H](C)C(=O)[C@@]2(OC(C)=O)C[C@H](C)[C@H](OC(C)=O)C2[C@H]1OC(C)=O. The summed E-state index contributed by atoms with van der Waals surface area (Å²) in [5, 5.41) is 0. The Morgan fingerprint density at radius 1 is 0.829 bits per heavy atom. The van der Waals surface area contributed by atoms with Crippen molar-refractivity contribution in [2.75, 3.05) is 0 Å². The lowest BCUT2D eigenvalue weighted by atomic mass is 9.72. The average molecular weight is 579 g/mol. The summed E-state index contributed by atoms with van der Waals surface area (Å²) in [4.78, 5) is 75.9. The molecule has 0 saturated heterocycles. The van der Waals surface area contributed by atoms with E-state index in [1.54, 1.807) is 39.8 Å². The van der Waals surface area contributed by atoms with E-state index in [-0.39, 0.29) is 18.4 Å². The number of hydrogen-bond acceptors (Lipinski definition) is 11. The summed E-state index contributed by atoms with van der Waals surface area (Å²) in [6.45, 7) is 17.0. The molecule has 2 aliphatic rings. The van der Waals surface area contributed by atoms with Gasteiger partial charge in [0.15, 0.2) is 11.4 Å². The van der Waals surface area contributed by atoms with Gasteiger partial charge in [0.25, 0.3) is 0 Å². The quantitative estimate of drug-likeness (QED) is 0.268. The van der Waals surface area contributed by atoms with Crippen LogP contribution in [0.4, 0.5) is 0 Å². The molecule has 1 saturated carbocycles. The summed E-state index contributed by atoms with van der Waals surface area (Å²) < 4.78 is 28.6. The van der Waals surface area contributed by atoms with Gasteiger partial charge in [-0.1, -0.05) is 46.4 Å². The first kappa shape index (κ1) is 33.7. The van der Waals surface area contributed by atoms with Crippen LogP contribution < -0.4 is 0 Å². The Kier molecular flexibility index (Phi) is 10.7. The lowest BCUT2D eigenvalue weighted by molar-refractivity contribution is -0.185. The number of ether oxygens (including phenoxy) is 5. The van der Waals surface area contributed by atoms with Gasteiger partial charge >= 0.3 is 29.8 Å². The van der Waals surface area contributed by atoms with Crippen LogP contribution in [-0.4, -0.2) is 65.6 Å². The molecule has 0 aromatic heterocycles. The van der Waals surface area contributed by atoms with Crippen molar-refractivity contribution in [3.05, 3.63) is 24.3 Å². The van der Waals surface area contributed by atoms with Crippen molar-refractivity contribution in [1.29, 1.82) is 0 Å². The molecule has 0 spiro atoms. The highest BCUT2D eigenvalue weighted by Gasteiger charge is 2.65. The van der Waals surface area contributed by atoms with E-state index in [1.165, 1.54) is 20.8 Å². The molecule has 0 N–H and O–H groups in total. The van der Waals surface area contributed by atoms with Crippen molar-refractivity contribution in [2.45, 2.75) is 105 Å². The average Bonchev–Trinajstić information content (AvgIpc) is 3.08. The predicted octanol–water partition coefficient (Wildman–Crippen LogP) is 3.42. The van der Waals surface area contributed by atoms with Crippen LogP contribution in [0.2, 0.25) is 0 Å². The number of Topliss-reactive ketones (excluding diaryl/α,β-unsaturated/α-hetero) is 1. The molecular weight excluding hydrogens is 536 g/mol. The summed E-state index contributed by atoms with van der Waals surface area (Å²) in [6.07, 6.45) is -1.25. The molecule has 0 bridgehead atoms. The second-order valence-corrected chi connectivity index (χ2v) is 11.6. The molecule has 11 heteroatoms. The highest BCUT2D eigenvalue weighted by molar-refractivity contribution is 5.93. The monoisotopic (exact) mass is 578 g/mol. The van der Waals surface area contributed by atoms with E-state index in [2.05, 4.69) is 6.58 Å². The second kappa shape index (κ2) is 13.0. The zero-order valence-corrected chi connectivity index (χ0v) is 25.3. The van der Waals surface area contributed by atoms with Crippen LogP contribution in [0, 0.1) is 23.2 Å². The minimum atomic E-state index is -1.89. The first-order chi connectivity index (χ1) is 18.8. The molecule has 11 nitrogen and oxygen atoms in total. The molecule has 8 atom stereocenters. The number of allylic oxidation sites excluding steroid dienone is 1. The molecule has 0 aliphatic heterocycles. The zero-order valence-electron chi connectivity index (χ0n) is 25.3. The van der Waals surface area contributed by atoms with E-state index < -0.39 is 88.8 Å². The van der Waals surface area contributed by atoms with Crippen LogP contribution >= 0.6 is 0 Å². The van der Waals surface area contributed by atoms with Crippen LogP contribution in [0.25, 0.3) is 0 Å². The predicted molar refractivity (Wildman–Crippen MR) is 145 cm³/mol. The number of ketones is 1. The van der Waals surface area contributed by atoms with E-state index in [0.29, 0.717) is 0 Å². The van der Waals surface area contributed by atoms with Crippen LogP contribution in [0.15, 0.2) is 24.3 Å². The third kappa shape index (κ3) is 7.83. The van der Waals surface area contributed by atoms with Crippen molar-refractivity contribution >= 4 is 35.6 Å². The van der Waals surface area contributed by atoms with Crippen molar-refractivity contribution in [2.24, 2.45) is 23.2 Å². The topological polar surface area (TPSA) is 149 Å². The summed E-state index contributed by atoms with van der Waals surface area (Å²) in [5.41, 5.74) is -2.72. The molecule has 0 aromatic carbocycles. The number of rotatable bonds is 5. The molecule has 2 rings (SSSR count). The van der Waals surface area contributed by atoms with Crippen LogP contribution in [0.5, 0.6) is 0 Å². The van der Waals surface area contributed by atoms with Crippen molar-refractivity contribution in [3.8, 4) is 0 Å². The summed E-state index contributed by atoms with van der Waals surface area (Å²) in [6, 6.07) is 0. The Labute approximate surface area is 240 Å². The zero-order chi connectivity index (χ0) is 31.4. The lowest BCUT2D eigenvalue weighted by Gasteiger charge is -2.42. The largest absolute Gasteiger partial charge is 0.462 e. The van der Waals surface area contributed by atoms with Gasteiger partial charge in [-0.3, -0.25) is 28.8 Å². The number of carbonyl (C=O) groups is 6. The Morgan fingerprint density at radius 2 is 1.37 bits per heavy atom. The number of fused-ring (bicyclic) bond motifs is 1. The summed E-state index contributed by atoms with van der Waals surface area (Å²) in [5.74, 6) is -6.54. The van der Waals surface area contributed by atoms with E-state index in [4.69, 9.17) is 23.7 Å². The lowest BCUT2D eigenvalue weighted by Crippen LogP contribution is -2.57. The van der Waals surface area contributed by atoms with Crippen molar-refractivity contribution in [3.63, 3.8) is 0 Å². The third-order valence-electron chi connectivity index (χ3n) is 7.62. The van der Waals surface area contributed by atoms with Crippen LogP contribution in [-0.2, 0) is 52.5 Å². The Morgan fingerprint density at radius 3 is 1.85 bits per heavy atom. The number of hydrogen-bond donors (Lipinski definition) is 0. The molecule has 0 amide bonds. The minimum absolute atomic E-state index is 0.0328. The maximum absolute atomic E-state index is 14.3. The van der Waals surface area contributed by atoms with Crippen molar-refractivity contribution < 1.29 is 52.5 Å². The van der Waals surface area contributed by atoms with Gasteiger partial charge in [0.1, 0.15) is 24.4 Å². The standard InChI is InChI=1S/C30H42O11/c1-15-11-12-29(9,10)24(38-19(5)32)13-23(37-18(4)31)17(3)27(40-21(7)34)25-26(39-20(6)33)16(2)14-30(25,28(15)36)41-22(8)35/h11-12,15-16,23-27H,3,13-14H2,1-2,4-10H3/b12-11-/t15-,16-,23+,24+,25?,26-,27-,30+/m0/s1. The molecule has 2 aliphatic carbocycles. The van der Waals surface area contributed by atoms with Gasteiger partial charge in [0.05, 0.1) is 5.92 Å². The van der Waals surface area contributed by atoms with Gasteiger partial charge in [0, 0.05) is 64.4 Å². The fourth-order valence-corrected chi connectivity index (χ4v) is 5.92.